The SMILES string of the molecule is CCP(=O)(O)OC(=O)CC[C@H](N)C(=O)O. The van der Waals surface area contributed by atoms with Gasteiger partial charge in [0.15, 0.2) is 0 Å². The Morgan fingerprint density at radius 3 is 2.47 bits per heavy atom. The predicted molar refractivity (Wildman–Crippen MR) is 51.3 cm³/mol. The van der Waals surface area contributed by atoms with Gasteiger partial charge in [0.05, 0.1) is 6.16 Å². The second-order valence-corrected chi connectivity index (χ2v) is 4.99. The molecule has 0 aliphatic carbocycles. The fraction of sp³-hybridized carbons (Fsp3) is 0.714. The average molecular weight is 239 g/mol. The molecule has 0 aliphatic heterocycles. The van der Waals surface area contributed by atoms with Crippen molar-refractivity contribution in [2.45, 2.75) is 25.8 Å². The molecule has 0 aromatic carbocycles. The van der Waals surface area contributed by atoms with Gasteiger partial charge in [-0.05, 0) is 6.42 Å². The lowest BCUT2D eigenvalue weighted by molar-refractivity contribution is -0.139. The Morgan fingerprint density at radius 1 is 1.53 bits per heavy atom. The fourth-order valence-electron chi connectivity index (χ4n) is 0.666. The average Bonchev–Trinajstić information content (AvgIpc) is 2.13. The Labute approximate surface area is 86.8 Å². The van der Waals surface area contributed by atoms with Crippen LogP contribution in [0, 0.1) is 0 Å². The first kappa shape index (κ1) is 14.1. The van der Waals surface area contributed by atoms with Crippen molar-refractivity contribution < 1.29 is 28.7 Å². The van der Waals surface area contributed by atoms with E-state index in [9.17, 15) is 14.2 Å². The molecule has 0 saturated carbocycles. The molecule has 15 heavy (non-hydrogen) atoms. The van der Waals surface area contributed by atoms with Crippen LogP contribution in [0.15, 0.2) is 0 Å². The van der Waals surface area contributed by atoms with E-state index in [1.807, 2.05) is 0 Å². The highest BCUT2D eigenvalue weighted by molar-refractivity contribution is 7.53. The first-order chi connectivity index (χ1) is 6.78. The maximum Gasteiger partial charge on any atom is 0.378 e. The van der Waals surface area contributed by atoms with Crippen LogP contribution in [0.25, 0.3) is 0 Å². The van der Waals surface area contributed by atoms with Gasteiger partial charge < -0.3 is 20.3 Å². The van der Waals surface area contributed by atoms with Crippen molar-refractivity contribution >= 4 is 19.5 Å². The first-order valence-corrected chi connectivity index (χ1v) is 6.07. The minimum absolute atomic E-state index is 0.127. The summed E-state index contributed by atoms with van der Waals surface area (Å²) in [4.78, 5) is 30.1. The molecule has 7 nitrogen and oxygen atoms in total. The summed E-state index contributed by atoms with van der Waals surface area (Å²) in [7, 11) is -3.85. The summed E-state index contributed by atoms with van der Waals surface area (Å²) in [5.74, 6) is -2.15. The van der Waals surface area contributed by atoms with Crippen molar-refractivity contribution in [1.82, 2.24) is 0 Å². The normalized spacial score (nSPS) is 16.5. The molecule has 0 spiro atoms. The number of aliphatic carboxylic acids is 1. The maximum atomic E-state index is 10.9. The minimum atomic E-state index is -3.85. The van der Waals surface area contributed by atoms with Crippen LogP contribution in [0.5, 0.6) is 0 Å². The molecule has 8 heteroatoms. The van der Waals surface area contributed by atoms with Gasteiger partial charge in [0.25, 0.3) is 0 Å². The number of nitrogens with two attached hydrogens (primary N) is 1. The van der Waals surface area contributed by atoms with Gasteiger partial charge in [-0.2, -0.15) is 0 Å². The summed E-state index contributed by atoms with van der Waals surface area (Å²) in [6.45, 7) is 1.40. The molecule has 0 aromatic rings. The van der Waals surface area contributed by atoms with E-state index in [-0.39, 0.29) is 19.0 Å². The van der Waals surface area contributed by atoms with Gasteiger partial charge in [-0.3, -0.25) is 9.59 Å². The third kappa shape index (κ3) is 6.22. The Bertz CT molecular complexity index is 291. The first-order valence-electron chi connectivity index (χ1n) is 4.31. The van der Waals surface area contributed by atoms with Crippen LogP contribution in [0.2, 0.25) is 0 Å². The van der Waals surface area contributed by atoms with Gasteiger partial charge in [0.1, 0.15) is 6.04 Å². The van der Waals surface area contributed by atoms with Crippen molar-refractivity contribution in [3.8, 4) is 0 Å². The molecule has 88 valence electrons. The van der Waals surface area contributed by atoms with Crippen LogP contribution in [0.1, 0.15) is 19.8 Å². The van der Waals surface area contributed by atoms with Crippen LogP contribution in [0.4, 0.5) is 0 Å². The number of carbonyl (C=O) groups is 2. The highest BCUT2D eigenvalue weighted by Gasteiger charge is 2.22. The van der Waals surface area contributed by atoms with Crippen molar-refractivity contribution in [2.24, 2.45) is 5.73 Å². The quantitative estimate of drug-likeness (QED) is 0.553. The molecule has 0 aromatic heterocycles. The Morgan fingerprint density at radius 2 is 2.07 bits per heavy atom. The summed E-state index contributed by atoms with van der Waals surface area (Å²) in [6, 6.07) is -1.17. The van der Waals surface area contributed by atoms with Gasteiger partial charge in [-0.1, -0.05) is 6.92 Å². The van der Waals surface area contributed by atoms with E-state index in [1.165, 1.54) is 6.92 Å². The zero-order valence-corrected chi connectivity index (χ0v) is 9.15. The highest BCUT2D eigenvalue weighted by Crippen LogP contribution is 2.41. The Balaban J connectivity index is 3.96. The molecule has 0 radical (unpaired) electrons. The number of carboxylic acid groups (broad SMARTS) is 1. The topological polar surface area (TPSA) is 127 Å². The van der Waals surface area contributed by atoms with Crippen molar-refractivity contribution in [2.75, 3.05) is 6.16 Å². The molecule has 2 atom stereocenters. The summed E-state index contributed by atoms with van der Waals surface area (Å²) < 4.78 is 15.2. The number of rotatable bonds is 6. The van der Waals surface area contributed by atoms with Crippen LogP contribution in [-0.4, -0.2) is 34.1 Å². The molecule has 0 saturated heterocycles. The lowest BCUT2D eigenvalue weighted by Gasteiger charge is -2.10. The van der Waals surface area contributed by atoms with E-state index in [0.717, 1.165) is 0 Å². The van der Waals surface area contributed by atoms with E-state index in [0.29, 0.717) is 0 Å². The Kier molecular flexibility index (Phi) is 5.49. The highest BCUT2D eigenvalue weighted by atomic mass is 31.2. The zero-order valence-electron chi connectivity index (χ0n) is 8.25. The molecule has 0 rings (SSSR count). The summed E-state index contributed by atoms with van der Waals surface area (Å²) in [5, 5.41) is 8.39. The predicted octanol–water partition coefficient (Wildman–Crippen LogP) is -0.0730. The lowest BCUT2D eigenvalue weighted by Crippen LogP contribution is -2.30. The molecule has 0 fully saturated rings. The third-order valence-corrected chi connectivity index (χ3v) is 2.91. The molecular formula is C7H14NO6P. The fourth-order valence-corrected chi connectivity index (χ4v) is 1.20. The minimum Gasteiger partial charge on any atom is -0.480 e. The number of carbonyl (C=O) groups excluding carboxylic acids is 1. The van der Waals surface area contributed by atoms with Crippen LogP contribution in [0.3, 0.4) is 0 Å². The van der Waals surface area contributed by atoms with Gasteiger partial charge >= 0.3 is 19.5 Å². The van der Waals surface area contributed by atoms with Gasteiger partial charge in [-0.25, -0.2) is 4.57 Å². The number of carboxylic acids is 1. The van der Waals surface area contributed by atoms with Gasteiger partial charge in [-0.15, -0.1) is 0 Å². The number of hydrogen-bond donors (Lipinski definition) is 3. The summed E-state index contributed by atoms with van der Waals surface area (Å²) >= 11 is 0. The van der Waals surface area contributed by atoms with E-state index < -0.39 is 25.6 Å². The standard InChI is InChI=1S/C7H14NO6P/c1-2-15(12,13)14-6(9)4-3-5(8)7(10)11/h5H,2-4,8H2,1H3,(H,10,11)(H,12,13)/t5-/m0/s1. The molecule has 0 heterocycles. The second kappa shape index (κ2) is 5.85. The zero-order chi connectivity index (χ0) is 12.1. The van der Waals surface area contributed by atoms with Gasteiger partial charge in [0, 0.05) is 6.42 Å². The van der Waals surface area contributed by atoms with Gasteiger partial charge in [0.2, 0.25) is 0 Å². The van der Waals surface area contributed by atoms with E-state index in [4.69, 9.17) is 15.7 Å². The smallest absolute Gasteiger partial charge is 0.378 e. The monoisotopic (exact) mass is 239 g/mol. The van der Waals surface area contributed by atoms with Crippen molar-refractivity contribution in [1.29, 1.82) is 0 Å². The molecule has 1 unspecified atom stereocenters. The van der Waals surface area contributed by atoms with Crippen molar-refractivity contribution in [3.63, 3.8) is 0 Å². The second-order valence-electron chi connectivity index (χ2n) is 2.90. The van der Waals surface area contributed by atoms with E-state index >= 15 is 0 Å². The van der Waals surface area contributed by atoms with E-state index in [2.05, 4.69) is 4.52 Å². The van der Waals surface area contributed by atoms with Crippen LogP contribution < -0.4 is 5.73 Å². The summed E-state index contributed by atoms with van der Waals surface area (Å²) in [5.41, 5.74) is 5.12. The lowest BCUT2D eigenvalue weighted by atomic mass is 10.2. The maximum absolute atomic E-state index is 10.9. The largest absolute Gasteiger partial charge is 0.480 e. The third-order valence-electron chi connectivity index (χ3n) is 1.62. The Hall–Kier alpha value is -0.910. The van der Waals surface area contributed by atoms with Crippen LogP contribution >= 0.6 is 7.60 Å². The molecule has 0 amide bonds. The molecular weight excluding hydrogens is 225 g/mol. The molecule has 4 N–H and O–H groups in total. The molecule has 0 bridgehead atoms. The van der Waals surface area contributed by atoms with Crippen LogP contribution in [-0.2, 0) is 18.7 Å². The summed E-state index contributed by atoms with van der Waals surface area (Å²) in [6.07, 6.45) is -0.598. The van der Waals surface area contributed by atoms with Crippen molar-refractivity contribution in [3.05, 3.63) is 0 Å². The van der Waals surface area contributed by atoms with E-state index in [1.54, 1.807) is 0 Å². The molecule has 0 aliphatic rings. The number of hydrogen-bond acceptors (Lipinski definition) is 5.